The van der Waals surface area contributed by atoms with Gasteiger partial charge in [-0.05, 0) is 54.8 Å². The summed E-state index contributed by atoms with van der Waals surface area (Å²) in [5, 5.41) is 6.47. The highest BCUT2D eigenvalue weighted by Crippen LogP contribution is 2.26. The second kappa shape index (κ2) is 11.7. The van der Waals surface area contributed by atoms with Crippen LogP contribution in [0.4, 0.5) is 4.39 Å². The van der Waals surface area contributed by atoms with Crippen LogP contribution in [0.25, 0.3) is 10.1 Å². The van der Waals surface area contributed by atoms with Crippen molar-refractivity contribution in [1.29, 1.82) is 0 Å². The molecule has 8 nitrogen and oxygen atoms in total. The Labute approximate surface area is 225 Å². The number of carbonyl (C=O) groups is 3. The molecule has 202 valence electrons. The molecule has 1 saturated heterocycles. The number of amides is 2. The quantitative estimate of drug-likeness (QED) is 0.437. The molecule has 1 unspecified atom stereocenters. The van der Waals surface area contributed by atoms with Gasteiger partial charge in [-0.25, -0.2) is 12.8 Å². The maximum atomic E-state index is 14.2. The van der Waals surface area contributed by atoms with E-state index < -0.39 is 51.1 Å². The number of sulfonamides is 1. The molecule has 11 heteroatoms. The van der Waals surface area contributed by atoms with E-state index in [1.165, 1.54) is 23.5 Å². The highest BCUT2D eigenvalue weighted by molar-refractivity contribution is 7.89. The molecule has 1 aliphatic heterocycles. The fourth-order valence-corrected chi connectivity index (χ4v) is 6.92. The van der Waals surface area contributed by atoms with Gasteiger partial charge < -0.3 is 10.6 Å². The van der Waals surface area contributed by atoms with Crippen molar-refractivity contribution >= 4 is 49.0 Å². The first-order valence-corrected chi connectivity index (χ1v) is 14.7. The first kappa shape index (κ1) is 27.9. The average molecular weight is 560 g/mol. The van der Waals surface area contributed by atoms with Gasteiger partial charge in [-0.1, -0.05) is 44.2 Å². The second-order valence-corrected chi connectivity index (χ2v) is 12.7. The summed E-state index contributed by atoms with van der Waals surface area (Å²) in [6.07, 6.45) is 0.886. The first-order valence-electron chi connectivity index (χ1n) is 12.4. The van der Waals surface area contributed by atoms with Crippen LogP contribution in [0, 0.1) is 11.7 Å². The third-order valence-electron chi connectivity index (χ3n) is 6.37. The van der Waals surface area contributed by atoms with Crippen LogP contribution in [-0.4, -0.2) is 55.5 Å². The topological polar surface area (TPSA) is 113 Å². The Bertz CT molecular complexity index is 1420. The van der Waals surface area contributed by atoms with Gasteiger partial charge in [-0.2, -0.15) is 4.31 Å². The molecule has 2 amide bonds. The maximum Gasteiger partial charge on any atom is 0.262 e. The summed E-state index contributed by atoms with van der Waals surface area (Å²) in [6.45, 7) is 3.39. The molecule has 1 aliphatic rings. The number of benzene rings is 2. The molecule has 2 N–H and O–H groups in total. The summed E-state index contributed by atoms with van der Waals surface area (Å²) >= 11 is 1.33. The molecule has 2 heterocycles. The Morgan fingerprint density at radius 1 is 1.13 bits per heavy atom. The predicted octanol–water partition coefficient (Wildman–Crippen LogP) is 3.72. The Morgan fingerprint density at radius 3 is 2.55 bits per heavy atom. The molecular formula is C27H30FN3O5S2. The van der Waals surface area contributed by atoms with Crippen LogP contribution >= 0.6 is 11.3 Å². The van der Waals surface area contributed by atoms with Crippen molar-refractivity contribution in [3.05, 3.63) is 65.3 Å². The van der Waals surface area contributed by atoms with E-state index >= 15 is 0 Å². The number of hydrogen-bond donors (Lipinski definition) is 2. The van der Waals surface area contributed by atoms with Gasteiger partial charge in [0, 0.05) is 11.2 Å². The van der Waals surface area contributed by atoms with E-state index in [0.29, 0.717) is 17.7 Å². The number of carbonyl (C=O) groups excluding carboxylic acids is 3. The molecule has 1 aromatic heterocycles. The molecule has 0 saturated carbocycles. The number of ketones is 1. The Kier molecular flexibility index (Phi) is 8.59. The fraction of sp³-hybridized carbons (Fsp3) is 0.370. The highest BCUT2D eigenvalue weighted by Gasteiger charge is 2.35. The van der Waals surface area contributed by atoms with Crippen LogP contribution in [-0.2, 0) is 19.6 Å². The highest BCUT2D eigenvalue weighted by atomic mass is 32.2. The number of fused-ring (bicyclic) bond motifs is 1. The van der Waals surface area contributed by atoms with Gasteiger partial charge in [0.15, 0.2) is 5.78 Å². The zero-order valence-corrected chi connectivity index (χ0v) is 22.8. The second-order valence-electron chi connectivity index (χ2n) is 9.74. The van der Waals surface area contributed by atoms with Gasteiger partial charge in [0.05, 0.1) is 17.5 Å². The SMILES string of the molecule is CC(C)C[C@H](NC(=O)c1cc2ccccc2s1)C(=O)NC1CCCN(S(=O)(=O)c2ccccc2F)CC1=O. The van der Waals surface area contributed by atoms with E-state index in [4.69, 9.17) is 0 Å². The van der Waals surface area contributed by atoms with Crippen LogP contribution in [0.2, 0.25) is 0 Å². The zero-order chi connectivity index (χ0) is 27.4. The molecule has 1 fully saturated rings. The van der Waals surface area contributed by atoms with Crippen LogP contribution in [0.5, 0.6) is 0 Å². The third kappa shape index (κ3) is 6.28. The molecule has 38 heavy (non-hydrogen) atoms. The van der Waals surface area contributed by atoms with Crippen molar-refractivity contribution in [2.45, 2.75) is 50.1 Å². The summed E-state index contributed by atoms with van der Waals surface area (Å²) in [5.41, 5.74) is 0. The van der Waals surface area contributed by atoms with E-state index in [9.17, 15) is 27.2 Å². The number of halogens is 1. The van der Waals surface area contributed by atoms with Gasteiger partial charge in [0.25, 0.3) is 5.91 Å². The van der Waals surface area contributed by atoms with E-state index in [1.54, 1.807) is 6.07 Å². The van der Waals surface area contributed by atoms with Crippen molar-refractivity contribution in [2.24, 2.45) is 5.92 Å². The van der Waals surface area contributed by atoms with E-state index in [1.807, 2.05) is 38.1 Å². The monoisotopic (exact) mass is 559 g/mol. The smallest absolute Gasteiger partial charge is 0.262 e. The number of Topliss-reactive ketones (excluding diaryl/α,β-unsaturated/α-hetero) is 1. The summed E-state index contributed by atoms with van der Waals surface area (Å²) in [7, 11) is -4.22. The van der Waals surface area contributed by atoms with Gasteiger partial charge >= 0.3 is 0 Å². The van der Waals surface area contributed by atoms with Gasteiger partial charge in [-0.15, -0.1) is 11.3 Å². The normalized spacial score (nSPS) is 17.8. The van der Waals surface area contributed by atoms with Crippen LogP contribution in [0.15, 0.2) is 59.5 Å². The van der Waals surface area contributed by atoms with Gasteiger partial charge in [0.2, 0.25) is 15.9 Å². The van der Waals surface area contributed by atoms with Crippen molar-refractivity contribution in [2.75, 3.05) is 13.1 Å². The number of nitrogens with one attached hydrogen (secondary N) is 2. The van der Waals surface area contributed by atoms with E-state index in [2.05, 4.69) is 10.6 Å². The molecule has 3 aromatic rings. The standard InChI is InChI=1S/C27H30FN3O5S2/c1-17(2)14-21(30-27(34)24-15-18-8-3-5-11-23(18)37-24)26(33)29-20-10-7-13-31(16-22(20)32)38(35,36)25-12-6-4-9-19(25)28/h3-6,8-9,11-12,15,17,20-21H,7,10,13-14,16H2,1-2H3,(H,29,33)(H,30,34)/t20?,21-/m0/s1. The zero-order valence-electron chi connectivity index (χ0n) is 21.1. The molecule has 0 bridgehead atoms. The summed E-state index contributed by atoms with van der Waals surface area (Å²) in [6, 6.07) is 12.6. The molecule has 4 rings (SSSR count). The van der Waals surface area contributed by atoms with E-state index in [-0.39, 0.29) is 24.8 Å². The maximum absolute atomic E-state index is 14.2. The molecule has 2 aromatic carbocycles. The number of rotatable bonds is 8. The average Bonchev–Trinajstić information content (AvgIpc) is 3.22. The molecule has 0 radical (unpaired) electrons. The third-order valence-corrected chi connectivity index (χ3v) is 9.36. The molecule has 0 spiro atoms. The predicted molar refractivity (Wildman–Crippen MR) is 144 cm³/mol. The minimum atomic E-state index is -4.22. The minimum absolute atomic E-state index is 0.0207. The Morgan fingerprint density at radius 2 is 1.84 bits per heavy atom. The van der Waals surface area contributed by atoms with Crippen molar-refractivity contribution < 1.29 is 27.2 Å². The van der Waals surface area contributed by atoms with Crippen molar-refractivity contribution in [3.8, 4) is 0 Å². The van der Waals surface area contributed by atoms with Crippen LogP contribution in [0.1, 0.15) is 42.8 Å². The number of nitrogens with zero attached hydrogens (tertiary/aromatic N) is 1. The fourth-order valence-electron chi connectivity index (χ4n) is 4.45. The largest absolute Gasteiger partial charge is 0.344 e. The summed E-state index contributed by atoms with van der Waals surface area (Å²) < 4.78 is 42.1. The number of thiophene rings is 1. The van der Waals surface area contributed by atoms with Gasteiger partial charge in [0.1, 0.15) is 16.8 Å². The number of hydrogen-bond acceptors (Lipinski definition) is 6. The van der Waals surface area contributed by atoms with Crippen molar-refractivity contribution in [3.63, 3.8) is 0 Å². The van der Waals surface area contributed by atoms with Crippen LogP contribution < -0.4 is 10.6 Å². The summed E-state index contributed by atoms with van der Waals surface area (Å²) in [4.78, 5) is 39.2. The van der Waals surface area contributed by atoms with Crippen molar-refractivity contribution in [1.82, 2.24) is 14.9 Å². The lowest BCUT2D eigenvalue weighted by Crippen LogP contribution is -2.52. The van der Waals surface area contributed by atoms with Gasteiger partial charge in [-0.3, -0.25) is 14.4 Å². The molecular weight excluding hydrogens is 529 g/mol. The van der Waals surface area contributed by atoms with Crippen LogP contribution in [0.3, 0.4) is 0 Å². The molecule has 0 aliphatic carbocycles. The lowest BCUT2D eigenvalue weighted by Gasteiger charge is -2.23. The molecule has 2 atom stereocenters. The Balaban J connectivity index is 1.45. The lowest BCUT2D eigenvalue weighted by atomic mass is 10.0. The Hall–Kier alpha value is -3.15. The minimum Gasteiger partial charge on any atom is -0.344 e. The first-order chi connectivity index (χ1) is 18.1. The lowest BCUT2D eigenvalue weighted by molar-refractivity contribution is -0.129. The summed E-state index contributed by atoms with van der Waals surface area (Å²) in [5.74, 6) is -2.17. The van der Waals surface area contributed by atoms with E-state index in [0.717, 1.165) is 26.5 Å².